The van der Waals surface area contributed by atoms with E-state index in [1.807, 2.05) is 19.9 Å². The van der Waals surface area contributed by atoms with Gasteiger partial charge in [0.05, 0.1) is 0 Å². The number of amides is 2. The molecule has 1 atom stereocenters. The lowest BCUT2D eigenvalue weighted by Crippen LogP contribution is -2.40. The van der Waals surface area contributed by atoms with Crippen molar-refractivity contribution in [3.63, 3.8) is 0 Å². The second-order valence-electron chi connectivity index (χ2n) is 3.60. The summed E-state index contributed by atoms with van der Waals surface area (Å²) in [7, 11) is 0. The summed E-state index contributed by atoms with van der Waals surface area (Å²) in [5.74, 6) is -1.23. The maximum Gasteiger partial charge on any atom is 0.313 e. The average molecular weight is 220 g/mol. The van der Waals surface area contributed by atoms with E-state index in [9.17, 15) is 9.59 Å². The summed E-state index contributed by atoms with van der Waals surface area (Å²) in [5.41, 5.74) is 0.617. The first-order valence-corrected chi connectivity index (χ1v) is 5.30. The van der Waals surface area contributed by atoms with Crippen molar-refractivity contribution >= 4 is 17.5 Å². The van der Waals surface area contributed by atoms with Gasteiger partial charge >= 0.3 is 11.8 Å². The Hall–Kier alpha value is -1.84. The van der Waals surface area contributed by atoms with Gasteiger partial charge in [-0.1, -0.05) is 25.1 Å². The Kier molecular flexibility index (Phi) is 4.51. The Morgan fingerprint density at radius 1 is 1.19 bits per heavy atom. The third-order valence-electron chi connectivity index (χ3n) is 2.23. The van der Waals surface area contributed by atoms with Crippen molar-refractivity contribution in [2.45, 2.75) is 26.3 Å². The zero-order valence-electron chi connectivity index (χ0n) is 9.49. The third kappa shape index (κ3) is 3.73. The van der Waals surface area contributed by atoms with E-state index >= 15 is 0 Å². The Morgan fingerprint density at radius 2 is 1.81 bits per heavy atom. The summed E-state index contributed by atoms with van der Waals surface area (Å²) < 4.78 is 0. The number of hydrogen-bond acceptors (Lipinski definition) is 2. The van der Waals surface area contributed by atoms with Crippen LogP contribution in [0.5, 0.6) is 0 Å². The average Bonchev–Trinajstić information content (AvgIpc) is 2.30. The summed E-state index contributed by atoms with van der Waals surface area (Å²) in [6, 6.07) is 8.90. The van der Waals surface area contributed by atoms with Crippen molar-refractivity contribution < 1.29 is 9.59 Å². The molecule has 0 heterocycles. The number of benzene rings is 1. The van der Waals surface area contributed by atoms with Gasteiger partial charge in [0.25, 0.3) is 0 Å². The molecule has 0 bridgehead atoms. The summed E-state index contributed by atoms with van der Waals surface area (Å²) in [4.78, 5) is 22.8. The minimum absolute atomic E-state index is 0.00835. The largest absolute Gasteiger partial charge is 0.345 e. The van der Waals surface area contributed by atoms with Gasteiger partial charge in [0, 0.05) is 11.7 Å². The van der Waals surface area contributed by atoms with Crippen LogP contribution in [-0.2, 0) is 9.59 Å². The predicted octanol–water partition coefficient (Wildman–Crippen LogP) is 1.54. The molecule has 4 nitrogen and oxygen atoms in total. The fourth-order valence-corrected chi connectivity index (χ4v) is 1.10. The fraction of sp³-hybridized carbons (Fsp3) is 0.333. The maximum absolute atomic E-state index is 11.4. The Labute approximate surface area is 95.0 Å². The lowest BCUT2D eigenvalue weighted by Gasteiger charge is -2.10. The van der Waals surface area contributed by atoms with Gasteiger partial charge in [0.1, 0.15) is 0 Å². The van der Waals surface area contributed by atoms with Crippen LogP contribution in [0, 0.1) is 0 Å². The molecule has 0 saturated carbocycles. The molecule has 0 unspecified atom stereocenters. The Bertz CT molecular complexity index is 363. The second kappa shape index (κ2) is 5.90. The minimum atomic E-state index is -0.633. The van der Waals surface area contributed by atoms with Gasteiger partial charge in [0.15, 0.2) is 0 Å². The molecule has 4 heteroatoms. The normalized spacial score (nSPS) is 11.6. The highest BCUT2D eigenvalue weighted by atomic mass is 16.2. The number of anilines is 1. The van der Waals surface area contributed by atoms with Crippen molar-refractivity contribution in [1.29, 1.82) is 0 Å². The van der Waals surface area contributed by atoms with E-state index in [2.05, 4.69) is 10.6 Å². The number of para-hydroxylation sites is 1. The highest BCUT2D eigenvalue weighted by Gasteiger charge is 2.14. The molecule has 0 radical (unpaired) electrons. The van der Waals surface area contributed by atoms with E-state index in [0.717, 1.165) is 6.42 Å². The smallest absolute Gasteiger partial charge is 0.313 e. The van der Waals surface area contributed by atoms with Crippen molar-refractivity contribution in [1.82, 2.24) is 5.32 Å². The second-order valence-corrected chi connectivity index (χ2v) is 3.60. The number of nitrogens with one attached hydrogen (secondary N) is 2. The van der Waals surface area contributed by atoms with Crippen LogP contribution in [0.25, 0.3) is 0 Å². The lowest BCUT2D eigenvalue weighted by atomic mass is 10.2. The monoisotopic (exact) mass is 220 g/mol. The van der Waals surface area contributed by atoms with E-state index in [0.29, 0.717) is 5.69 Å². The summed E-state index contributed by atoms with van der Waals surface area (Å²) in [5, 5.41) is 5.12. The number of carbonyl (C=O) groups is 2. The summed E-state index contributed by atoms with van der Waals surface area (Å²) in [6.45, 7) is 3.80. The van der Waals surface area contributed by atoms with Crippen LogP contribution in [0.1, 0.15) is 20.3 Å². The van der Waals surface area contributed by atoms with E-state index in [1.165, 1.54) is 0 Å². The molecule has 16 heavy (non-hydrogen) atoms. The molecule has 1 rings (SSSR count). The van der Waals surface area contributed by atoms with Crippen molar-refractivity contribution in [3.8, 4) is 0 Å². The lowest BCUT2D eigenvalue weighted by molar-refractivity contribution is -0.136. The number of carbonyl (C=O) groups excluding carboxylic acids is 2. The van der Waals surface area contributed by atoms with Crippen LogP contribution < -0.4 is 10.6 Å². The fourth-order valence-electron chi connectivity index (χ4n) is 1.10. The maximum atomic E-state index is 11.4. The summed E-state index contributed by atoms with van der Waals surface area (Å²) >= 11 is 0. The molecular formula is C12H16N2O2. The molecule has 1 aromatic carbocycles. The Balaban J connectivity index is 2.50. The first-order valence-electron chi connectivity index (χ1n) is 5.30. The van der Waals surface area contributed by atoms with Crippen LogP contribution in [0.3, 0.4) is 0 Å². The zero-order chi connectivity index (χ0) is 12.0. The van der Waals surface area contributed by atoms with E-state index in [-0.39, 0.29) is 6.04 Å². The zero-order valence-corrected chi connectivity index (χ0v) is 9.49. The van der Waals surface area contributed by atoms with Crippen molar-refractivity contribution in [2.24, 2.45) is 0 Å². The Morgan fingerprint density at radius 3 is 2.38 bits per heavy atom. The first kappa shape index (κ1) is 12.2. The van der Waals surface area contributed by atoms with Gasteiger partial charge in [-0.3, -0.25) is 9.59 Å². The molecule has 2 amide bonds. The van der Waals surface area contributed by atoms with Gasteiger partial charge in [-0.15, -0.1) is 0 Å². The van der Waals surface area contributed by atoms with E-state index < -0.39 is 11.8 Å². The molecule has 0 aliphatic carbocycles. The van der Waals surface area contributed by atoms with E-state index in [4.69, 9.17) is 0 Å². The predicted molar refractivity (Wildman–Crippen MR) is 63.0 cm³/mol. The molecule has 0 spiro atoms. The molecule has 86 valence electrons. The van der Waals surface area contributed by atoms with Gasteiger partial charge in [0.2, 0.25) is 0 Å². The van der Waals surface area contributed by atoms with Crippen molar-refractivity contribution in [2.75, 3.05) is 5.32 Å². The topological polar surface area (TPSA) is 58.2 Å². The number of hydrogen-bond donors (Lipinski definition) is 2. The van der Waals surface area contributed by atoms with Crippen molar-refractivity contribution in [3.05, 3.63) is 30.3 Å². The molecule has 0 aliphatic rings. The van der Waals surface area contributed by atoms with Gasteiger partial charge in [-0.05, 0) is 25.5 Å². The summed E-state index contributed by atoms with van der Waals surface area (Å²) in [6.07, 6.45) is 0.796. The molecule has 1 aromatic rings. The van der Waals surface area contributed by atoms with Gasteiger partial charge < -0.3 is 10.6 Å². The standard InChI is InChI=1S/C12H16N2O2/c1-3-9(2)13-11(15)12(16)14-10-7-5-4-6-8-10/h4-9H,3H2,1-2H3,(H,13,15)(H,14,16)/t9-/m0/s1. The third-order valence-corrected chi connectivity index (χ3v) is 2.23. The molecular weight excluding hydrogens is 204 g/mol. The SMILES string of the molecule is CC[C@H](C)NC(=O)C(=O)Nc1ccccc1. The van der Waals surface area contributed by atoms with Crippen LogP contribution in [0.2, 0.25) is 0 Å². The van der Waals surface area contributed by atoms with Crippen LogP contribution >= 0.6 is 0 Å². The molecule has 2 N–H and O–H groups in total. The van der Waals surface area contributed by atoms with Crippen LogP contribution in [-0.4, -0.2) is 17.9 Å². The first-order chi connectivity index (χ1) is 7.63. The molecule has 0 aliphatic heterocycles. The molecule has 0 saturated heterocycles. The van der Waals surface area contributed by atoms with Crippen LogP contribution in [0.15, 0.2) is 30.3 Å². The van der Waals surface area contributed by atoms with Gasteiger partial charge in [-0.2, -0.15) is 0 Å². The van der Waals surface area contributed by atoms with E-state index in [1.54, 1.807) is 24.3 Å². The highest BCUT2D eigenvalue weighted by molar-refractivity contribution is 6.39. The highest BCUT2D eigenvalue weighted by Crippen LogP contribution is 2.04. The quantitative estimate of drug-likeness (QED) is 0.759. The molecule has 0 fully saturated rings. The minimum Gasteiger partial charge on any atom is -0.345 e. The number of rotatable bonds is 3. The van der Waals surface area contributed by atoms with Crippen LogP contribution in [0.4, 0.5) is 5.69 Å². The molecule has 0 aromatic heterocycles. The van der Waals surface area contributed by atoms with Gasteiger partial charge in [-0.25, -0.2) is 0 Å².